The van der Waals surface area contributed by atoms with E-state index in [1.807, 2.05) is 0 Å². The van der Waals surface area contributed by atoms with Gasteiger partial charge in [0.05, 0.1) is 35.8 Å². The van der Waals surface area contributed by atoms with Crippen molar-refractivity contribution in [2.75, 3.05) is 24.3 Å². The Kier molecular flexibility index (Phi) is 5.08. The number of hydrogen-bond acceptors (Lipinski definition) is 7. The van der Waals surface area contributed by atoms with Crippen molar-refractivity contribution in [2.45, 2.75) is 30.2 Å². The van der Waals surface area contributed by atoms with E-state index in [0.717, 1.165) is 4.68 Å². The van der Waals surface area contributed by atoms with Crippen molar-refractivity contribution in [3.63, 3.8) is 0 Å². The number of alkyl halides is 3. The molecule has 14 heteroatoms. The third-order valence-electron chi connectivity index (χ3n) is 4.50. The van der Waals surface area contributed by atoms with Crippen molar-refractivity contribution in [1.82, 2.24) is 19.7 Å². The summed E-state index contributed by atoms with van der Waals surface area (Å²) in [6, 6.07) is 1.44. The van der Waals surface area contributed by atoms with Crippen molar-refractivity contribution in [3.8, 4) is 0 Å². The van der Waals surface area contributed by atoms with E-state index in [1.54, 1.807) is 6.92 Å². The number of carbonyl (C=O) groups is 1. The normalized spacial score (nSPS) is 19.8. The second kappa shape index (κ2) is 6.99. The van der Waals surface area contributed by atoms with Gasteiger partial charge in [-0.25, -0.2) is 4.98 Å². The van der Waals surface area contributed by atoms with Crippen LogP contribution in [0, 0.1) is 0 Å². The van der Waals surface area contributed by atoms with E-state index >= 15 is 0 Å². The molecule has 0 saturated carbocycles. The maximum atomic E-state index is 13.0. The molecule has 1 aliphatic rings. The average Bonchev–Trinajstić information content (AvgIpc) is 3.18. The highest BCUT2D eigenvalue weighted by molar-refractivity contribution is 6.56. The third kappa shape index (κ3) is 3.92. The van der Waals surface area contributed by atoms with Crippen LogP contribution < -0.4 is 10.6 Å². The van der Waals surface area contributed by atoms with Gasteiger partial charge in [-0.1, -0.05) is 0 Å². The van der Waals surface area contributed by atoms with Gasteiger partial charge in [-0.05, 0) is 12.2 Å². The van der Waals surface area contributed by atoms with E-state index in [9.17, 15) is 18.0 Å². The molecule has 8 nitrogen and oxygen atoms in total. The van der Waals surface area contributed by atoms with Crippen molar-refractivity contribution < 1.29 is 22.7 Å². The van der Waals surface area contributed by atoms with Gasteiger partial charge in [0.1, 0.15) is 22.6 Å². The van der Waals surface area contributed by atoms with Crippen molar-refractivity contribution in [3.05, 3.63) is 23.5 Å². The first-order valence-electron chi connectivity index (χ1n) is 8.40. The molecule has 6 radical (unpaired) electrons. The molecule has 1 unspecified atom stereocenters. The van der Waals surface area contributed by atoms with E-state index in [0.29, 0.717) is 12.6 Å². The zero-order valence-electron chi connectivity index (χ0n) is 15.5. The Hall–Kier alpha value is -2.66. The van der Waals surface area contributed by atoms with Crippen LogP contribution in [0.1, 0.15) is 24.6 Å². The monoisotopic (exact) mass is 400 g/mol. The lowest BCUT2D eigenvalue weighted by atomic mass is 9.49. The number of nitrogens with one attached hydrogen (secondary N) is 2. The SMILES string of the molecule is [B]C([B])([B])n1nc(C2(C)CCOC2=O)cc1Nc1ncc(C(F)(F)F)c(NC)n1. The summed E-state index contributed by atoms with van der Waals surface area (Å²) >= 11 is 0. The Morgan fingerprint density at radius 3 is 2.52 bits per heavy atom. The van der Waals surface area contributed by atoms with E-state index in [1.165, 1.54) is 13.1 Å². The van der Waals surface area contributed by atoms with Crippen molar-refractivity contribution >= 4 is 47.1 Å². The molecule has 0 aliphatic carbocycles. The first-order chi connectivity index (χ1) is 13.4. The van der Waals surface area contributed by atoms with Crippen LogP contribution in [0.2, 0.25) is 0 Å². The summed E-state index contributed by atoms with van der Waals surface area (Å²) in [7, 11) is 18.5. The molecule has 29 heavy (non-hydrogen) atoms. The Morgan fingerprint density at radius 1 is 1.31 bits per heavy atom. The standard InChI is InChI=1S/C15H14B3F3N6O2/c1-13(3-4-29-11(13)28)8-5-9(27(26-8)15(16,17)18)24-12-23-6-7(14(19,20)21)10(22-2)25-12/h5-6H,3-4H2,1-2H3,(H2,22,23,24,25). The van der Waals surface area contributed by atoms with Gasteiger partial charge in [0.25, 0.3) is 0 Å². The van der Waals surface area contributed by atoms with Crippen molar-refractivity contribution in [2.24, 2.45) is 0 Å². The Bertz CT molecular complexity index is 946. The topological polar surface area (TPSA) is 94.0 Å². The number of hydrogen-bond donors (Lipinski definition) is 2. The molecular formula is C15H14B3F3N6O2. The number of rotatable bonds is 5. The van der Waals surface area contributed by atoms with Crippen LogP contribution in [0.25, 0.3) is 0 Å². The van der Waals surface area contributed by atoms with Crippen LogP contribution in [0.5, 0.6) is 0 Å². The first-order valence-corrected chi connectivity index (χ1v) is 8.40. The highest BCUT2D eigenvalue weighted by Gasteiger charge is 2.44. The number of anilines is 3. The van der Waals surface area contributed by atoms with Crippen LogP contribution in [-0.2, 0) is 26.4 Å². The van der Waals surface area contributed by atoms with E-state index in [4.69, 9.17) is 28.3 Å². The summed E-state index contributed by atoms with van der Waals surface area (Å²) < 4.78 is 45.1. The van der Waals surface area contributed by atoms with Gasteiger partial charge < -0.3 is 15.4 Å². The molecule has 2 N–H and O–H groups in total. The Balaban J connectivity index is 2.02. The smallest absolute Gasteiger partial charge is 0.421 e. The largest absolute Gasteiger partial charge is 0.465 e. The second-order valence-corrected chi connectivity index (χ2v) is 6.76. The fraction of sp³-hybridized carbons (Fsp3) is 0.467. The maximum absolute atomic E-state index is 13.0. The zero-order chi connectivity index (χ0) is 21.6. The number of carbonyl (C=O) groups excluding carboxylic acids is 1. The zero-order valence-corrected chi connectivity index (χ0v) is 15.5. The molecule has 146 valence electrons. The second-order valence-electron chi connectivity index (χ2n) is 6.76. The highest BCUT2D eigenvalue weighted by atomic mass is 19.4. The molecule has 2 aromatic rings. The molecule has 3 rings (SSSR count). The Labute approximate surface area is 168 Å². The summed E-state index contributed by atoms with van der Waals surface area (Å²) in [5.74, 6) is -1.03. The number of aromatic nitrogens is 4. The fourth-order valence-electron chi connectivity index (χ4n) is 2.83. The highest BCUT2D eigenvalue weighted by Crippen LogP contribution is 2.36. The van der Waals surface area contributed by atoms with Gasteiger partial charge in [0.15, 0.2) is 0 Å². The van der Waals surface area contributed by atoms with E-state index in [-0.39, 0.29) is 24.1 Å². The molecule has 0 amide bonds. The fourth-order valence-corrected chi connectivity index (χ4v) is 2.83. The van der Waals surface area contributed by atoms with Gasteiger partial charge in [0.2, 0.25) is 5.95 Å². The summed E-state index contributed by atoms with van der Waals surface area (Å²) in [4.78, 5) is 19.6. The molecule has 1 fully saturated rings. The van der Waals surface area contributed by atoms with Crippen molar-refractivity contribution in [1.29, 1.82) is 0 Å². The van der Waals surface area contributed by atoms with Crippen LogP contribution in [0.3, 0.4) is 0 Å². The minimum Gasteiger partial charge on any atom is -0.465 e. The lowest BCUT2D eigenvalue weighted by molar-refractivity contribution is -0.142. The molecule has 3 heterocycles. The quantitative estimate of drug-likeness (QED) is 0.566. The molecule has 1 saturated heterocycles. The minimum absolute atomic E-state index is 0.0789. The molecular weight excluding hydrogens is 386 g/mol. The van der Waals surface area contributed by atoms with Gasteiger partial charge in [0, 0.05) is 25.7 Å². The van der Waals surface area contributed by atoms with Gasteiger partial charge >= 0.3 is 12.1 Å². The predicted molar refractivity (Wildman–Crippen MR) is 100 cm³/mol. The van der Waals surface area contributed by atoms with Gasteiger partial charge in [-0.2, -0.15) is 23.3 Å². The maximum Gasteiger partial charge on any atom is 0.421 e. The summed E-state index contributed by atoms with van der Waals surface area (Å²) in [6.07, 6.45) is -3.64. The van der Waals surface area contributed by atoms with Crippen LogP contribution in [0.15, 0.2) is 12.3 Å². The molecule has 0 aromatic carbocycles. The van der Waals surface area contributed by atoms with Crippen LogP contribution in [-0.4, -0.2) is 62.9 Å². The third-order valence-corrected chi connectivity index (χ3v) is 4.50. The minimum atomic E-state index is -4.63. The molecule has 0 bridgehead atoms. The molecule has 1 atom stereocenters. The number of esters is 1. The Morgan fingerprint density at radius 2 is 2.00 bits per heavy atom. The van der Waals surface area contributed by atoms with Gasteiger partial charge in [-0.15, -0.1) is 0 Å². The van der Waals surface area contributed by atoms with Gasteiger partial charge in [-0.3, -0.25) is 9.48 Å². The van der Waals surface area contributed by atoms with Crippen LogP contribution in [0.4, 0.5) is 30.8 Å². The number of halogens is 3. The van der Waals surface area contributed by atoms with E-state index < -0.39 is 34.2 Å². The van der Waals surface area contributed by atoms with E-state index in [2.05, 4.69) is 25.7 Å². The summed E-state index contributed by atoms with van der Waals surface area (Å²) in [5.41, 5.74) is -1.81. The average molecular weight is 400 g/mol. The summed E-state index contributed by atoms with van der Waals surface area (Å²) in [6.45, 7) is 1.86. The molecule has 1 aliphatic heterocycles. The number of nitrogens with zero attached hydrogens (tertiary/aromatic N) is 4. The molecule has 2 aromatic heterocycles. The van der Waals surface area contributed by atoms with Crippen LogP contribution >= 0.6 is 0 Å². The molecule has 0 spiro atoms. The lowest BCUT2D eigenvalue weighted by Crippen LogP contribution is -2.37. The number of ether oxygens (including phenoxy) is 1. The summed E-state index contributed by atoms with van der Waals surface area (Å²) in [5, 5.41) is 7.29. The first kappa shape index (κ1) is 21.1. The number of cyclic esters (lactones) is 1. The predicted octanol–water partition coefficient (Wildman–Crippen LogP) is 0.755. The lowest BCUT2D eigenvalue weighted by Gasteiger charge is -2.24.